The average Bonchev–Trinajstić information content (AvgIpc) is 3.03. The molecule has 1 aliphatic heterocycles. The highest BCUT2D eigenvalue weighted by Gasteiger charge is 2.23. The highest BCUT2D eigenvalue weighted by atomic mass is 16.5. The van der Waals surface area contributed by atoms with Crippen molar-refractivity contribution in [1.82, 2.24) is 20.2 Å². The Kier molecular flexibility index (Phi) is 6.41. The molecule has 2 heterocycles. The van der Waals surface area contributed by atoms with E-state index in [9.17, 15) is 9.59 Å². The van der Waals surface area contributed by atoms with Gasteiger partial charge in [0.1, 0.15) is 19.0 Å². The molecule has 1 fully saturated rings. The smallest absolute Gasteiger partial charge is 0.246 e. The zero-order valence-corrected chi connectivity index (χ0v) is 15.7. The third-order valence-corrected chi connectivity index (χ3v) is 4.82. The first-order chi connectivity index (χ1) is 13.0. The summed E-state index contributed by atoms with van der Waals surface area (Å²) in [7, 11) is 0. The van der Waals surface area contributed by atoms with E-state index in [1.54, 1.807) is 0 Å². The molecule has 0 saturated carbocycles. The van der Waals surface area contributed by atoms with Crippen LogP contribution in [0.25, 0.3) is 11.0 Å². The van der Waals surface area contributed by atoms with Crippen LogP contribution in [-0.2, 0) is 20.9 Å². The van der Waals surface area contributed by atoms with Gasteiger partial charge in [0.2, 0.25) is 11.8 Å². The maximum atomic E-state index is 11.9. The number of ether oxygens (including phenoxy) is 1. The molecule has 1 atom stereocenters. The summed E-state index contributed by atoms with van der Waals surface area (Å²) in [5.41, 5.74) is 8.40. The number of carbonyl (C=O) groups excluding carboxylic acids is 2. The zero-order valence-electron chi connectivity index (χ0n) is 15.7. The van der Waals surface area contributed by atoms with E-state index in [0.29, 0.717) is 25.5 Å². The number of nitrogens with one attached hydrogen (secondary N) is 2. The summed E-state index contributed by atoms with van der Waals surface area (Å²) in [6.45, 7) is 5.11. The van der Waals surface area contributed by atoms with Gasteiger partial charge in [0, 0.05) is 19.6 Å². The molecule has 0 radical (unpaired) electrons. The van der Waals surface area contributed by atoms with Crippen LogP contribution in [0.1, 0.15) is 24.2 Å². The monoisotopic (exact) mass is 373 g/mol. The summed E-state index contributed by atoms with van der Waals surface area (Å²) >= 11 is 0. The van der Waals surface area contributed by atoms with E-state index in [1.807, 2.05) is 25.1 Å². The zero-order chi connectivity index (χ0) is 19.2. The second kappa shape index (κ2) is 8.96. The van der Waals surface area contributed by atoms with Gasteiger partial charge < -0.3 is 25.7 Å². The van der Waals surface area contributed by atoms with Gasteiger partial charge in [-0.25, -0.2) is 4.98 Å². The van der Waals surface area contributed by atoms with Crippen molar-refractivity contribution < 1.29 is 14.3 Å². The Morgan fingerprint density at radius 1 is 1.44 bits per heavy atom. The van der Waals surface area contributed by atoms with Gasteiger partial charge in [0.05, 0.1) is 17.0 Å². The van der Waals surface area contributed by atoms with Gasteiger partial charge in [-0.15, -0.1) is 0 Å². The Hall–Kier alpha value is -2.45. The molecule has 1 aliphatic rings. The molecule has 146 valence electrons. The van der Waals surface area contributed by atoms with Gasteiger partial charge in [0.25, 0.3) is 0 Å². The fraction of sp³-hybridized carbons (Fsp3) is 0.526. The van der Waals surface area contributed by atoms with Crippen LogP contribution in [0.5, 0.6) is 0 Å². The fourth-order valence-corrected chi connectivity index (χ4v) is 3.38. The van der Waals surface area contributed by atoms with E-state index >= 15 is 0 Å². The van der Waals surface area contributed by atoms with Gasteiger partial charge >= 0.3 is 0 Å². The Morgan fingerprint density at radius 2 is 2.30 bits per heavy atom. The first-order valence-corrected chi connectivity index (χ1v) is 9.32. The van der Waals surface area contributed by atoms with Gasteiger partial charge in [-0.2, -0.15) is 0 Å². The van der Waals surface area contributed by atoms with Crippen molar-refractivity contribution in [2.24, 2.45) is 11.7 Å². The predicted molar refractivity (Wildman–Crippen MR) is 102 cm³/mol. The highest BCUT2D eigenvalue weighted by Crippen LogP contribution is 2.15. The molecule has 8 heteroatoms. The third kappa shape index (κ3) is 5.51. The number of aryl methyl sites for hydroxylation is 1. The molecule has 27 heavy (non-hydrogen) atoms. The molecule has 0 unspecified atom stereocenters. The second-order valence-corrected chi connectivity index (χ2v) is 7.09. The van der Waals surface area contributed by atoms with E-state index in [2.05, 4.69) is 20.2 Å². The van der Waals surface area contributed by atoms with Crippen LogP contribution in [-0.4, -0.2) is 59.5 Å². The summed E-state index contributed by atoms with van der Waals surface area (Å²) in [5.74, 6) is 0.225. The van der Waals surface area contributed by atoms with E-state index in [4.69, 9.17) is 10.5 Å². The average molecular weight is 373 g/mol. The van der Waals surface area contributed by atoms with Crippen molar-refractivity contribution in [3.05, 3.63) is 29.6 Å². The van der Waals surface area contributed by atoms with Crippen molar-refractivity contribution in [2.45, 2.75) is 26.4 Å². The van der Waals surface area contributed by atoms with Crippen LogP contribution in [0, 0.1) is 12.8 Å². The number of aromatic amines is 1. The predicted octanol–water partition coefficient (Wildman–Crippen LogP) is 0.701. The minimum absolute atomic E-state index is 0.0139. The molecule has 1 saturated heterocycles. The van der Waals surface area contributed by atoms with Crippen molar-refractivity contribution in [2.75, 3.05) is 32.8 Å². The molecule has 4 N–H and O–H groups in total. The van der Waals surface area contributed by atoms with Crippen LogP contribution in [0.3, 0.4) is 0 Å². The molecular weight excluding hydrogens is 346 g/mol. The lowest BCUT2D eigenvalue weighted by molar-refractivity contribution is -0.126. The normalized spacial score (nSPS) is 17.9. The summed E-state index contributed by atoms with van der Waals surface area (Å²) in [6, 6.07) is 6.00. The minimum atomic E-state index is -0.238. The summed E-state index contributed by atoms with van der Waals surface area (Å²) in [6.07, 6.45) is 1.81. The van der Waals surface area contributed by atoms with Crippen LogP contribution in [0.2, 0.25) is 0 Å². The largest absolute Gasteiger partial charge is 0.369 e. The molecule has 8 nitrogen and oxygen atoms in total. The molecule has 0 aliphatic carbocycles. The minimum Gasteiger partial charge on any atom is -0.369 e. The van der Waals surface area contributed by atoms with Crippen molar-refractivity contribution in [3.63, 3.8) is 0 Å². The van der Waals surface area contributed by atoms with Gasteiger partial charge in [-0.05, 0) is 44.0 Å². The lowest BCUT2D eigenvalue weighted by atomic mass is 9.97. The molecule has 1 aromatic carbocycles. The summed E-state index contributed by atoms with van der Waals surface area (Å²) in [5, 5.41) is 2.84. The Morgan fingerprint density at radius 3 is 3.11 bits per heavy atom. The molecule has 3 rings (SSSR count). The Labute approximate surface area is 158 Å². The number of primary amides is 1. The Bertz CT molecular complexity index is 804. The number of nitrogens with two attached hydrogens (primary N) is 1. The standard InChI is InChI=1S/C19H27N5O3/c1-13-4-5-15-16(9-13)23-17(22-15)11-27-12-18(25)21-6-8-24-7-2-3-14(10-24)19(20)26/h4-5,9,14H,2-3,6-8,10-12H2,1H3,(H2,20,26)(H,21,25)(H,22,23)/t14-/m0/s1. The third-order valence-electron chi connectivity index (χ3n) is 4.82. The number of rotatable bonds is 8. The molecule has 1 aromatic heterocycles. The number of piperidine rings is 1. The number of likely N-dealkylation sites (tertiary alicyclic amines) is 1. The molecule has 0 spiro atoms. The first kappa shape index (κ1) is 19.3. The number of hydrogen-bond acceptors (Lipinski definition) is 5. The van der Waals surface area contributed by atoms with Crippen molar-refractivity contribution >= 4 is 22.8 Å². The van der Waals surface area contributed by atoms with E-state index in [0.717, 1.165) is 36.0 Å². The fourth-order valence-electron chi connectivity index (χ4n) is 3.38. The van der Waals surface area contributed by atoms with Crippen LogP contribution in [0.15, 0.2) is 18.2 Å². The topological polar surface area (TPSA) is 113 Å². The lowest BCUT2D eigenvalue weighted by Gasteiger charge is -2.31. The van der Waals surface area contributed by atoms with Gasteiger partial charge in [-0.1, -0.05) is 6.07 Å². The second-order valence-electron chi connectivity index (χ2n) is 7.09. The van der Waals surface area contributed by atoms with Crippen LogP contribution >= 0.6 is 0 Å². The quantitative estimate of drug-likeness (QED) is 0.630. The number of hydrogen-bond donors (Lipinski definition) is 3. The van der Waals surface area contributed by atoms with E-state index in [1.165, 1.54) is 0 Å². The van der Waals surface area contributed by atoms with Crippen LogP contribution < -0.4 is 11.1 Å². The Balaban J connectivity index is 1.34. The van der Waals surface area contributed by atoms with Crippen molar-refractivity contribution in [1.29, 1.82) is 0 Å². The molecule has 2 amide bonds. The summed E-state index contributed by atoms with van der Waals surface area (Å²) in [4.78, 5) is 33.0. The molecule has 0 bridgehead atoms. The lowest BCUT2D eigenvalue weighted by Crippen LogP contribution is -2.44. The van der Waals surface area contributed by atoms with Gasteiger partial charge in [-0.3, -0.25) is 9.59 Å². The SMILES string of the molecule is Cc1ccc2nc(COCC(=O)NCCN3CCC[C@H](C(N)=O)C3)[nH]c2c1. The number of H-pyrrole nitrogens is 1. The van der Waals surface area contributed by atoms with E-state index in [-0.39, 0.29) is 30.9 Å². The van der Waals surface area contributed by atoms with Gasteiger partial charge in [0.15, 0.2) is 0 Å². The van der Waals surface area contributed by atoms with Crippen molar-refractivity contribution in [3.8, 4) is 0 Å². The summed E-state index contributed by atoms with van der Waals surface area (Å²) < 4.78 is 5.45. The maximum Gasteiger partial charge on any atom is 0.246 e. The number of amides is 2. The first-order valence-electron chi connectivity index (χ1n) is 9.32. The van der Waals surface area contributed by atoms with Crippen LogP contribution in [0.4, 0.5) is 0 Å². The number of carbonyl (C=O) groups is 2. The number of benzene rings is 1. The molecule has 2 aromatic rings. The number of nitrogens with zero attached hydrogens (tertiary/aromatic N) is 2. The highest BCUT2D eigenvalue weighted by molar-refractivity contribution is 5.77. The maximum absolute atomic E-state index is 11.9. The number of imidazole rings is 1. The van der Waals surface area contributed by atoms with E-state index < -0.39 is 0 Å². The molecular formula is C19H27N5O3. The number of fused-ring (bicyclic) bond motifs is 1. The number of aromatic nitrogens is 2.